The summed E-state index contributed by atoms with van der Waals surface area (Å²) < 4.78 is 0.897. The summed E-state index contributed by atoms with van der Waals surface area (Å²) in [7, 11) is 0. The molecular formula is C9H10BrClN2. The number of aliphatic imine (C=N–C) groups is 1. The zero-order chi connectivity index (χ0) is 9.84. The summed E-state index contributed by atoms with van der Waals surface area (Å²) in [4.78, 5) is 4.20. The van der Waals surface area contributed by atoms with Crippen LogP contribution in [0.15, 0.2) is 27.7 Å². The summed E-state index contributed by atoms with van der Waals surface area (Å²) in [5.41, 5.74) is 6.38. The molecule has 0 heterocycles. The standard InChI is InChI=1S/C9H10BrClN2/c1-2-9(12)13-8-5-6(11)3-4-7(8)10/h3-5H,2H2,1H3,(H2,12,13). The first-order valence-corrected chi connectivity index (χ1v) is 5.08. The molecule has 0 unspecified atom stereocenters. The molecule has 1 aromatic rings. The molecule has 0 aromatic heterocycles. The quantitative estimate of drug-likeness (QED) is 0.642. The van der Waals surface area contributed by atoms with Crippen molar-refractivity contribution in [3.05, 3.63) is 27.7 Å². The van der Waals surface area contributed by atoms with Gasteiger partial charge in [0.2, 0.25) is 0 Å². The monoisotopic (exact) mass is 260 g/mol. The van der Waals surface area contributed by atoms with Crippen LogP contribution < -0.4 is 5.73 Å². The topological polar surface area (TPSA) is 38.4 Å². The number of hydrogen-bond donors (Lipinski definition) is 1. The molecule has 0 aliphatic carbocycles. The number of amidine groups is 1. The highest BCUT2D eigenvalue weighted by atomic mass is 79.9. The van der Waals surface area contributed by atoms with Crippen LogP contribution in [0.3, 0.4) is 0 Å². The Morgan fingerprint density at radius 1 is 1.62 bits per heavy atom. The van der Waals surface area contributed by atoms with Crippen LogP contribution >= 0.6 is 27.5 Å². The smallest absolute Gasteiger partial charge is 0.0994 e. The van der Waals surface area contributed by atoms with Gasteiger partial charge in [-0.05, 0) is 34.1 Å². The molecule has 2 nitrogen and oxygen atoms in total. The predicted octanol–water partition coefficient (Wildman–Crippen LogP) is 3.50. The first-order valence-electron chi connectivity index (χ1n) is 3.91. The van der Waals surface area contributed by atoms with Crippen LogP contribution in [0.25, 0.3) is 0 Å². The molecule has 0 fully saturated rings. The van der Waals surface area contributed by atoms with Crippen molar-refractivity contribution in [2.75, 3.05) is 0 Å². The first kappa shape index (κ1) is 10.5. The normalized spacial score (nSPS) is 11.8. The molecule has 0 aliphatic rings. The number of halogens is 2. The molecule has 0 saturated carbocycles. The van der Waals surface area contributed by atoms with Crippen LogP contribution in [-0.2, 0) is 0 Å². The van der Waals surface area contributed by atoms with E-state index in [-0.39, 0.29) is 0 Å². The van der Waals surface area contributed by atoms with Crippen molar-refractivity contribution >= 4 is 39.1 Å². The maximum atomic E-state index is 5.81. The maximum absolute atomic E-state index is 5.81. The molecule has 0 atom stereocenters. The largest absolute Gasteiger partial charge is 0.387 e. The van der Waals surface area contributed by atoms with Gasteiger partial charge in [0.25, 0.3) is 0 Å². The van der Waals surface area contributed by atoms with Crippen LogP contribution in [0, 0.1) is 0 Å². The average Bonchev–Trinajstić information content (AvgIpc) is 2.11. The molecule has 0 saturated heterocycles. The van der Waals surface area contributed by atoms with Gasteiger partial charge in [-0.2, -0.15) is 0 Å². The van der Waals surface area contributed by atoms with E-state index < -0.39 is 0 Å². The molecule has 4 heteroatoms. The van der Waals surface area contributed by atoms with Gasteiger partial charge in [-0.3, -0.25) is 0 Å². The van der Waals surface area contributed by atoms with E-state index in [0.717, 1.165) is 16.6 Å². The Hall–Kier alpha value is -0.540. The number of rotatable bonds is 2. The second-order valence-corrected chi connectivity index (χ2v) is 3.84. The fourth-order valence-electron chi connectivity index (χ4n) is 0.805. The number of nitrogens with zero attached hydrogens (tertiary/aromatic N) is 1. The minimum Gasteiger partial charge on any atom is -0.387 e. The highest BCUT2D eigenvalue weighted by Crippen LogP contribution is 2.28. The Kier molecular flexibility index (Phi) is 3.75. The number of nitrogens with two attached hydrogens (primary N) is 1. The number of benzene rings is 1. The van der Waals surface area contributed by atoms with E-state index in [2.05, 4.69) is 20.9 Å². The predicted molar refractivity (Wildman–Crippen MR) is 60.7 cm³/mol. The first-order chi connectivity index (χ1) is 6.13. The van der Waals surface area contributed by atoms with Gasteiger partial charge in [-0.1, -0.05) is 18.5 Å². The molecule has 70 valence electrons. The van der Waals surface area contributed by atoms with Crippen LogP contribution in [0.1, 0.15) is 13.3 Å². The Morgan fingerprint density at radius 2 is 2.31 bits per heavy atom. The van der Waals surface area contributed by atoms with Gasteiger partial charge in [-0.25, -0.2) is 4.99 Å². The third-order valence-electron chi connectivity index (χ3n) is 1.53. The van der Waals surface area contributed by atoms with Gasteiger partial charge in [0, 0.05) is 15.9 Å². The third kappa shape index (κ3) is 3.01. The Labute approximate surface area is 90.9 Å². The molecular weight excluding hydrogens is 251 g/mol. The summed E-state index contributed by atoms with van der Waals surface area (Å²) in [6, 6.07) is 5.42. The van der Waals surface area contributed by atoms with Crippen molar-refractivity contribution in [1.29, 1.82) is 0 Å². The van der Waals surface area contributed by atoms with E-state index in [0.29, 0.717) is 10.9 Å². The molecule has 0 amide bonds. The maximum Gasteiger partial charge on any atom is 0.0994 e. The third-order valence-corrected chi connectivity index (χ3v) is 2.44. The van der Waals surface area contributed by atoms with Crippen molar-refractivity contribution in [2.45, 2.75) is 13.3 Å². The van der Waals surface area contributed by atoms with Crippen molar-refractivity contribution in [2.24, 2.45) is 10.7 Å². The fourth-order valence-corrected chi connectivity index (χ4v) is 1.31. The van der Waals surface area contributed by atoms with Gasteiger partial charge < -0.3 is 5.73 Å². The van der Waals surface area contributed by atoms with E-state index in [1.807, 2.05) is 13.0 Å². The fraction of sp³-hybridized carbons (Fsp3) is 0.222. The van der Waals surface area contributed by atoms with Gasteiger partial charge in [0.1, 0.15) is 0 Å². The molecule has 1 aromatic carbocycles. The minimum atomic E-state index is 0.600. The minimum absolute atomic E-state index is 0.600. The lowest BCUT2D eigenvalue weighted by Crippen LogP contribution is -2.08. The lowest BCUT2D eigenvalue weighted by atomic mass is 10.3. The van der Waals surface area contributed by atoms with E-state index >= 15 is 0 Å². The Bertz CT molecular complexity index is 336. The van der Waals surface area contributed by atoms with Crippen molar-refractivity contribution in [3.63, 3.8) is 0 Å². The average molecular weight is 262 g/mol. The molecule has 0 bridgehead atoms. The lowest BCUT2D eigenvalue weighted by Gasteiger charge is -2.00. The number of hydrogen-bond acceptors (Lipinski definition) is 1. The summed E-state index contributed by atoms with van der Waals surface area (Å²) in [5.74, 6) is 0.600. The lowest BCUT2D eigenvalue weighted by molar-refractivity contribution is 1.23. The van der Waals surface area contributed by atoms with E-state index in [9.17, 15) is 0 Å². The summed E-state index contributed by atoms with van der Waals surface area (Å²) in [6.07, 6.45) is 0.735. The molecule has 13 heavy (non-hydrogen) atoms. The van der Waals surface area contributed by atoms with Crippen molar-refractivity contribution < 1.29 is 0 Å². The molecule has 1 rings (SSSR count). The van der Waals surface area contributed by atoms with Gasteiger partial charge in [0.15, 0.2) is 0 Å². The van der Waals surface area contributed by atoms with Gasteiger partial charge in [-0.15, -0.1) is 0 Å². The summed E-state index contributed by atoms with van der Waals surface area (Å²) in [5, 5.41) is 0.658. The molecule has 2 N–H and O–H groups in total. The zero-order valence-electron chi connectivity index (χ0n) is 7.22. The van der Waals surface area contributed by atoms with Crippen LogP contribution in [0.2, 0.25) is 5.02 Å². The van der Waals surface area contributed by atoms with Crippen LogP contribution in [0.4, 0.5) is 5.69 Å². The van der Waals surface area contributed by atoms with Crippen molar-refractivity contribution in [3.8, 4) is 0 Å². The van der Waals surface area contributed by atoms with Crippen LogP contribution in [-0.4, -0.2) is 5.84 Å². The van der Waals surface area contributed by atoms with Gasteiger partial charge >= 0.3 is 0 Å². The van der Waals surface area contributed by atoms with E-state index in [4.69, 9.17) is 17.3 Å². The zero-order valence-corrected chi connectivity index (χ0v) is 9.56. The summed E-state index contributed by atoms with van der Waals surface area (Å²) in [6.45, 7) is 1.96. The highest BCUT2D eigenvalue weighted by Gasteiger charge is 1.99. The van der Waals surface area contributed by atoms with Gasteiger partial charge in [0.05, 0.1) is 11.5 Å². The second-order valence-electron chi connectivity index (χ2n) is 2.55. The van der Waals surface area contributed by atoms with Crippen molar-refractivity contribution in [1.82, 2.24) is 0 Å². The molecule has 0 spiro atoms. The summed E-state index contributed by atoms with van der Waals surface area (Å²) >= 11 is 9.18. The van der Waals surface area contributed by atoms with E-state index in [1.165, 1.54) is 0 Å². The van der Waals surface area contributed by atoms with Crippen LogP contribution in [0.5, 0.6) is 0 Å². The second kappa shape index (κ2) is 4.63. The highest BCUT2D eigenvalue weighted by molar-refractivity contribution is 9.10. The Balaban J connectivity index is 3.07. The Morgan fingerprint density at radius 3 is 2.92 bits per heavy atom. The SMILES string of the molecule is CCC(N)=Nc1cc(Cl)ccc1Br. The molecule has 0 radical (unpaired) electrons. The van der Waals surface area contributed by atoms with E-state index in [1.54, 1.807) is 12.1 Å². The molecule has 0 aliphatic heterocycles.